The topological polar surface area (TPSA) is 119 Å². The molecule has 5 aromatic carbocycles. The lowest BCUT2D eigenvalue weighted by atomic mass is 10.1. The van der Waals surface area contributed by atoms with E-state index in [9.17, 15) is 14.4 Å². The van der Waals surface area contributed by atoms with Crippen molar-refractivity contribution < 1.29 is 23.9 Å². The molecule has 3 amide bonds. The fourth-order valence-electron chi connectivity index (χ4n) is 5.21. The molecule has 54 heavy (non-hydrogen) atoms. The monoisotopic (exact) mass is 794 g/mol. The zero-order valence-corrected chi connectivity index (χ0v) is 32.0. The van der Waals surface area contributed by atoms with E-state index in [0.717, 1.165) is 16.0 Å². The lowest BCUT2D eigenvalue weighted by Crippen LogP contribution is -2.30. The first-order valence-corrected chi connectivity index (χ1v) is 18.9. The van der Waals surface area contributed by atoms with E-state index in [1.54, 1.807) is 80.9 Å². The number of carbonyl (C=O) groups is 3. The van der Waals surface area contributed by atoms with E-state index in [2.05, 4.69) is 20.9 Å². The Balaban J connectivity index is 1.18. The number of amides is 3. The molecule has 0 saturated carbocycles. The number of rotatable bonds is 13. The van der Waals surface area contributed by atoms with Gasteiger partial charge in [-0.25, -0.2) is 4.98 Å². The van der Waals surface area contributed by atoms with Gasteiger partial charge in [0.1, 0.15) is 10.9 Å². The van der Waals surface area contributed by atoms with E-state index >= 15 is 0 Å². The van der Waals surface area contributed by atoms with Crippen LogP contribution in [-0.4, -0.2) is 36.9 Å². The van der Waals surface area contributed by atoms with Gasteiger partial charge < -0.3 is 25.4 Å². The second-order valence-corrected chi connectivity index (χ2v) is 14.3. The summed E-state index contributed by atoms with van der Waals surface area (Å²) < 4.78 is 10.8. The third kappa shape index (κ3) is 9.49. The number of hydrogen-bond acceptors (Lipinski definition) is 8. The van der Waals surface area contributed by atoms with E-state index in [0.29, 0.717) is 44.2 Å². The SMILES string of the molecule is COc1ccc(-c2csc(NC(=O)C(Sc3ccc(NC(=O)/C(=C/c4cccc(Cl)c4Cl)NC(=O)c4ccccc4)cc3)c3ccccc3)n2)cc1OC. The third-order valence-corrected chi connectivity index (χ3v) is 10.8. The van der Waals surface area contributed by atoms with Gasteiger partial charge in [0.05, 0.1) is 30.0 Å². The summed E-state index contributed by atoms with van der Waals surface area (Å²) in [5, 5.41) is 10.8. The van der Waals surface area contributed by atoms with Crippen molar-refractivity contribution in [2.45, 2.75) is 10.1 Å². The Morgan fingerprint density at radius 1 is 0.796 bits per heavy atom. The predicted octanol–water partition coefficient (Wildman–Crippen LogP) is 10.0. The van der Waals surface area contributed by atoms with Crippen LogP contribution in [0.3, 0.4) is 0 Å². The number of nitrogens with zero attached hydrogens (tertiary/aromatic N) is 1. The van der Waals surface area contributed by atoms with Crippen molar-refractivity contribution in [3.63, 3.8) is 0 Å². The average molecular weight is 796 g/mol. The summed E-state index contributed by atoms with van der Waals surface area (Å²) in [6.45, 7) is 0. The number of carbonyl (C=O) groups excluding carboxylic acids is 3. The van der Waals surface area contributed by atoms with Crippen molar-refractivity contribution in [1.82, 2.24) is 10.3 Å². The van der Waals surface area contributed by atoms with E-state index < -0.39 is 17.1 Å². The number of nitrogens with one attached hydrogen (secondary N) is 3. The molecule has 1 heterocycles. The number of halogens is 2. The molecule has 0 bridgehead atoms. The third-order valence-electron chi connectivity index (χ3n) is 7.93. The van der Waals surface area contributed by atoms with Crippen molar-refractivity contribution >= 4 is 80.9 Å². The summed E-state index contributed by atoms with van der Waals surface area (Å²) in [6.07, 6.45) is 1.47. The lowest BCUT2D eigenvalue weighted by molar-refractivity contribution is -0.116. The van der Waals surface area contributed by atoms with E-state index in [4.69, 9.17) is 32.7 Å². The maximum absolute atomic E-state index is 13.8. The van der Waals surface area contributed by atoms with E-state index in [-0.39, 0.29) is 16.6 Å². The zero-order valence-electron chi connectivity index (χ0n) is 28.8. The Bertz CT molecular complexity index is 2300. The van der Waals surface area contributed by atoms with Gasteiger partial charge in [0.2, 0.25) is 5.91 Å². The molecular formula is C41H32Cl2N4O5S2. The van der Waals surface area contributed by atoms with Crippen LogP contribution in [0.2, 0.25) is 10.0 Å². The number of anilines is 2. The van der Waals surface area contributed by atoms with Crippen LogP contribution in [0.1, 0.15) is 26.7 Å². The maximum atomic E-state index is 13.8. The van der Waals surface area contributed by atoms with E-state index in [1.807, 2.05) is 60.0 Å². The van der Waals surface area contributed by atoms with Crippen molar-refractivity contribution in [1.29, 1.82) is 0 Å². The van der Waals surface area contributed by atoms with Crippen LogP contribution in [0.25, 0.3) is 17.3 Å². The van der Waals surface area contributed by atoms with Gasteiger partial charge in [-0.1, -0.05) is 83.9 Å². The molecule has 9 nitrogen and oxygen atoms in total. The molecule has 272 valence electrons. The van der Waals surface area contributed by atoms with Gasteiger partial charge >= 0.3 is 0 Å². The number of aromatic nitrogens is 1. The fourth-order valence-corrected chi connectivity index (χ4v) is 7.32. The maximum Gasteiger partial charge on any atom is 0.272 e. The number of methoxy groups -OCH3 is 2. The zero-order chi connectivity index (χ0) is 38.0. The molecule has 0 radical (unpaired) electrons. The van der Waals surface area contributed by atoms with Crippen LogP contribution in [0, 0.1) is 0 Å². The van der Waals surface area contributed by atoms with Crippen LogP contribution < -0.4 is 25.4 Å². The smallest absolute Gasteiger partial charge is 0.272 e. The lowest BCUT2D eigenvalue weighted by Gasteiger charge is -2.17. The van der Waals surface area contributed by atoms with Gasteiger partial charge in [0.15, 0.2) is 16.6 Å². The molecular weight excluding hydrogens is 764 g/mol. The molecule has 13 heteroatoms. The molecule has 0 aliphatic heterocycles. The fraction of sp³-hybridized carbons (Fsp3) is 0.0732. The van der Waals surface area contributed by atoms with E-state index in [1.165, 1.54) is 29.2 Å². The normalized spacial score (nSPS) is 11.7. The highest BCUT2D eigenvalue weighted by atomic mass is 35.5. The van der Waals surface area contributed by atoms with Crippen molar-refractivity contribution in [2.75, 3.05) is 24.9 Å². The van der Waals surface area contributed by atoms with Crippen LogP contribution in [0.15, 0.2) is 137 Å². The Morgan fingerprint density at radius 3 is 2.20 bits per heavy atom. The highest BCUT2D eigenvalue weighted by Gasteiger charge is 2.24. The number of thioether (sulfide) groups is 1. The first kappa shape index (κ1) is 38.1. The summed E-state index contributed by atoms with van der Waals surface area (Å²) in [5.41, 5.74) is 3.56. The average Bonchev–Trinajstić information content (AvgIpc) is 3.67. The van der Waals surface area contributed by atoms with Crippen LogP contribution >= 0.6 is 46.3 Å². The molecule has 1 aromatic heterocycles. The Kier molecular flexibility index (Phi) is 12.7. The van der Waals surface area contributed by atoms with Gasteiger partial charge in [-0.3, -0.25) is 14.4 Å². The number of hydrogen-bond donors (Lipinski definition) is 3. The molecule has 1 atom stereocenters. The highest BCUT2D eigenvalue weighted by molar-refractivity contribution is 8.00. The highest BCUT2D eigenvalue weighted by Crippen LogP contribution is 2.38. The minimum absolute atomic E-state index is 0.0382. The molecule has 6 rings (SSSR count). The van der Waals surface area contributed by atoms with Gasteiger partial charge in [-0.2, -0.15) is 0 Å². The van der Waals surface area contributed by atoms with Crippen molar-refractivity contribution in [3.05, 3.63) is 159 Å². The number of thiazole rings is 1. The molecule has 3 N–H and O–H groups in total. The van der Waals surface area contributed by atoms with Gasteiger partial charge in [-0.05, 0) is 77.9 Å². The van der Waals surface area contributed by atoms with Crippen molar-refractivity contribution in [2.24, 2.45) is 0 Å². The molecule has 0 aliphatic carbocycles. The molecule has 0 fully saturated rings. The molecule has 6 aromatic rings. The van der Waals surface area contributed by atoms with Gasteiger partial charge in [0, 0.05) is 27.1 Å². The second kappa shape index (κ2) is 18.0. The standard InChI is InChI=1S/C41H32Cl2N4O5S2/c1-51-34-21-16-27(23-35(34)52-2)33-24-53-41(46-33)47-40(50)37(25-10-5-3-6-11-25)54-30-19-17-29(18-20-30)44-39(49)32(22-28-14-9-15-31(42)36(28)43)45-38(48)26-12-7-4-8-13-26/h3-24,37H,1-2H3,(H,44,49)(H,45,48)(H,46,47,50)/b32-22-. The largest absolute Gasteiger partial charge is 0.493 e. The number of benzene rings is 5. The minimum atomic E-state index is -0.620. The molecule has 0 aliphatic rings. The minimum Gasteiger partial charge on any atom is -0.493 e. The predicted molar refractivity (Wildman–Crippen MR) is 218 cm³/mol. The Morgan fingerprint density at radius 2 is 1.50 bits per heavy atom. The number of ether oxygens (including phenoxy) is 2. The van der Waals surface area contributed by atoms with Gasteiger partial charge in [-0.15, -0.1) is 23.1 Å². The first-order chi connectivity index (χ1) is 26.2. The Hall–Kier alpha value is -5.59. The summed E-state index contributed by atoms with van der Waals surface area (Å²) in [4.78, 5) is 45.9. The van der Waals surface area contributed by atoms with Crippen molar-refractivity contribution in [3.8, 4) is 22.8 Å². The summed E-state index contributed by atoms with van der Waals surface area (Å²) in [5.74, 6) is -0.110. The molecule has 1 unspecified atom stereocenters. The summed E-state index contributed by atoms with van der Waals surface area (Å²) >= 11 is 15.3. The Labute approximate surface area is 330 Å². The van der Waals surface area contributed by atoms with Crippen LogP contribution in [0.5, 0.6) is 11.5 Å². The first-order valence-electron chi connectivity index (χ1n) is 16.4. The quantitative estimate of drug-likeness (QED) is 0.0787. The van der Waals surface area contributed by atoms with Gasteiger partial charge in [0.25, 0.3) is 11.8 Å². The van der Waals surface area contributed by atoms with Crippen LogP contribution in [-0.2, 0) is 9.59 Å². The molecule has 0 spiro atoms. The second-order valence-electron chi connectivity index (χ2n) is 11.5. The summed E-state index contributed by atoms with van der Waals surface area (Å²) in [7, 11) is 3.15. The molecule has 0 saturated heterocycles. The summed E-state index contributed by atoms with van der Waals surface area (Å²) in [6, 6.07) is 35.6. The van der Waals surface area contributed by atoms with Crippen LogP contribution in [0.4, 0.5) is 10.8 Å².